The number of hydrogen-bond acceptors (Lipinski definition) is 3. The van der Waals surface area contributed by atoms with Gasteiger partial charge in [-0.15, -0.1) is 0 Å². The normalized spacial score (nSPS) is 22.2. The van der Waals surface area contributed by atoms with Crippen molar-refractivity contribution >= 4 is 40.7 Å². The van der Waals surface area contributed by atoms with Gasteiger partial charge in [0.2, 0.25) is 9.70 Å². The van der Waals surface area contributed by atoms with Gasteiger partial charge >= 0.3 is 0 Å². The van der Waals surface area contributed by atoms with Crippen LogP contribution >= 0.6 is 34.8 Å². The van der Waals surface area contributed by atoms with Gasteiger partial charge in [-0.1, -0.05) is 48.7 Å². The molecule has 0 aromatic heterocycles. The number of halogens is 3. The Hall–Kier alpha value is 0.260. The smallest absolute Gasteiger partial charge is 0.223 e. The quantitative estimate of drug-likeness (QED) is 0.604. The Bertz CT molecular complexity index is 276. The molecule has 1 rings (SSSR count). The van der Waals surface area contributed by atoms with Crippen molar-refractivity contribution in [3.8, 4) is 0 Å². The lowest BCUT2D eigenvalue weighted by molar-refractivity contribution is -0.124. The molecule has 0 aliphatic carbocycles. The molecule has 0 bridgehead atoms. The Balaban J connectivity index is 2.47. The predicted molar refractivity (Wildman–Crippen MR) is 74.0 cm³/mol. The first-order valence-electron chi connectivity index (χ1n) is 6.02. The number of hydrogen-bond donors (Lipinski definition) is 2. The molecule has 1 heterocycles. The van der Waals surface area contributed by atoms with Crippen LogP contribution in [-0.2, 0) is 9.53 Å². The SMILES string of the molecule is CC(C)C(=O)N[C@@H](NC[C@H]1CCCO1)C(Cl)(Cl)Cl. The van der Waals surface area contributed by atoms with Crippen molar-refractivity contribution < 1.29 is 9.53 Å². The molecular weight excluding hydrogens is 298 g/mol. The third-order valence-electron chi connectivity index (χ3n) is 2.71. The molecule has 4 nitrogen and oxygen atoms in total. The molecular formula is C11H19Cl3N2O2. The molecule has 1 fully saturated rings. The minimum Gasteiger partial charge on any atom is -0.377 e. The van der Waals surface area contributed by atoms with E-state index in [-0.39, 0.29) is 17.9 Å². The molecule has 1 aliphatic heterocycles. The maximum absolute atomic E-state index is 11.6. The van der Waals surface area contributed by atoms with Gasteiger partial charge in [0.05, 0.1) is 6.10 Å². The lowest BCUT2D eigenvalue weighted by Gasteiger charge is -2.28. The number of nitrogens with one attached hydrogen (secondary N) is 2. The fraction of sp³-hybridized carbons (Fsp3) is 0.909. The molecule has 0 aromatic carbocycles. The van der Waals surface area contributed by atoms with Crippen LogP contribution in [0.25, 0.3) is 0 Å². The van der Waals surface area contributed by atoms with E-state index in [1.165, 1.54) is 0 Å². The molecule has 2 N–H and O–H groups in total. The first-order chi connectivity index (χ1) is 8.30. The maximum atomic E-state index is 11.6. The number of carbonyl (C=O) groups is 1. The number of amides is 1. The fourth-order valence-electron chi connectivity index (χ4n) is 1.61. The molecule has 1 aliphatic rings. The van der Waals surface area contributed by atoms with Crippen molar-refractivity contribution in [2.45, 2.75) is 42.8 Å². The van der Waals surface area contributed by atoms with E-state index >= 15 is 0 Å². The molecule has 18 heavy (non-hydrogen) atoms. The Morgan fingerprint density at radius 1 is 1.44 bits per heavy atom. The van der Waals surface area contributed by atoms with Gasteiger partial charge in [-0.3, -0.25) is 10.1 Å². The summed E-state index contributed by atoms with van der Waals surface area (Å²) in [6.45, 7) is 4.88. The first kappa shape index (κ1) is 16.3. The van der Waals surface area contributed by atoms with Crippen molar-refractivity contribution in [3.63, 3.8) is 0 Å². The van der Waals surface area contributed by atoms with Crippen LogP contribution in [0.15, 0.2) is 0 Å². The van der Waals surface area contributed by atoms with Crippen LogP contribution in [-0.4, -0.2) is 35.1 Å². The van der Waals surface area contributed by atoms with E-state index in [2.05, 4.69) is 10.6 Å². The minimum absolute atomic E-state index is 0.121. The van der Waals surface area contributed by atoms with Gasteiger partial charge in [0.1, 0.15) is 6.17 Å². The van der Waals surface area contributed by atoms with Crippen LogP contribution in [0.2, 0.25) is 0 Å². The van der Waals surface area contributed by atoms with E-state index in [1.807, 2.05) is 0 Å². The number of carbonyl (C=O) groups excluding carboxylic acids is 1. The standard InChI is InChI=1S/C11H19Cl3N2O2/c1-7(2)9(17)16-10(11(12,13)14)15-6-8-4-3-5-18-8/h7-8,10,15H,3-6H2,1-2H3,(H,16,17)/t8-,10-/m1/s1. The van der Waals surface area contributed by atoms with Crippen LogP contribution in [0.5, 0.6) is 0 Å². The summed E-state index contributed by atoms with van der Waals surface area (Å²) in [7, 11) is 0. The van der Waals surface area contributed by atoms with Crippen LogP contribution in [0.1, 0.15) is 26.7 Å². The highest BCUT2D eigenvalue weighted by Gasteiger charge is 2.34. The molecule has 0 unspecified atom stereocenters. The van der Waals surface area contributed by atoms with Crippen molar-refractivity contribution in [2.24, 2.45) is 5.92 Å². The van der Waals surface area contributed by atoms with Crippen LogP contribution in [0, 0.1) is 5.92 Å². The van der Waals surface area contributed by atoms with Gasteiger partial charge in [-0.25, -0.2) is 0 Å². The third kappa shape index (κ3) is 5.49. The van der Waals surface area contributed by atoms with E-state index < -0.39 is 9.96 Å². The lowest BCUT2D eigenvalue weighted by atomic mass is 10.2. The van der Waals surface area contributed by atoms with Crippen LogP contribution in [0.4, 0.5) is 0 Å². The zero-order chi connectivity index (χ0) is 13.8. The van der Waals surface area contributed by atoms with Crippen molar-refractivity contribution in [3.05, 3.63) is 0 Å². The van der Waals surface area contributed by atoms with E-state index in [0.29, 0.717) is 6.54 Å². The van der Waals surface area contributed by atoms with Gasteiger partial charge in [0.15, 0.2) is 0 Å². The van der Waals surface area contributed by atoms with E-state index in [0.717, 1.165) is 19.4 Å². The van der Waals surface area contributed by atoms with Crippen LogP contribution < -0.4 is 10.6 Å². The average molecular weight is 318 g/mol. The monoisotopic (exact) mass is 316 g/mol. The van der Waals surface area contributed by atoms with E-state index in [1.54, 1.807) is 13.8 Å². The summed E-state index contributed by atoms with van der Waals surface area (Å²) >= 11 is 17.5. The van der Waals surface area contributed by atoms with Gasteiger partial charge in [-0.05, 0) is 12.8 Å². The van der Waals surface area contributed by atoms with E-state index in [4.69, 9.17) is 39.5 Å². The van der Waals surface area contributed by atoms with Gasteiger partial charge in [0, 0.05) is 19.1 Å². The average Bonchev–Trinajstić information content (AvgIpc) is 2.74. The Morgan fingerprint density at radius 2 is 2.11 bits per heavy atom. The zero-order valence-electron chi connectivity index (χ0n) is 10.5. The molecule has 0 aromatic rings. The molecule has 1 saturated heterocycles. The Morgan fingerprint density at radius 3 is 2.56 bits per heavy atom. The summed E-state index contributed by atoms with van der Waals surface area (Å²) in [6.07, 6.45) is 1.43. The van der Waals surface area contributed by atoms with Gasteiger partial charge in [0.25, 0.3) is 0 Å². The predicted octanol–water partition coefficient (Wildman–Crippen LogP) is 2.22. The van der Waals surface area contributed by atoms with Gasteiger partial charge < -0.3 is 10.1 Å². The molecule has 0 saturated carbocycles. The number of rotatable bonds is 5. The van der Waals surface area contributed by atoms with Crippen molar-refractivity contribution in [1.82, 2.24) is 10.6 Å². The summed E-state index contributed by atoms with van der Waals surface area (Å²) in [5.41, 5.74) is 0. The second-order valence-electron chi connectivity index (χ2n) is 4.68. The second-order valence-corrected chi connectivity index (χ2v) is 7.05. The molecule has 0 radical (unpaired) electrons. The molecule has 1 amide bonds. The highest BCUT2D eigenvalue weighted by Crippen LogP contribution is 2.29. The Kier molecular flexibility index (Phi) is 6.48. The summed E-state index contributed by atoms with van der Waals surface area (Å²) in [4.78, 5) is 11.6. The Labute approximate surface area is 123 Å². The topological polar surface area (TPSA) is 50.4 Å². The van der Waals surface area contributed by atoms with Crippen molar-refractivity contribution in [2.75, 3.05) is 13.2 Å². The highest BCUT2D eigenvalue weighted by atomic mass is 35.6. The fourth-order valence-corrected chi connectivity index (χ4v) is 2.01. The summed E-state index contributed by atoms with van der Waals surface area (Å²) in [5, 5.41) is 5.71. The number of ether oxygens (including phenoxy) is 1. The zero-order valence-corrected chi connectivity index (χ0v) is 12.8. The summed E-state index contributed by atoms with van der Waals surface area (Å²) < 4.78 is 3.87. The first-order valence-corrected chi connectivity index (χ1v) is 7.16. The summed E-state index contributed by atoms with van der Waals surface area (Å²) in [5.74, 6) is -0.324. The third-order valence-corrected chi connectivity index (χ3v) is 3.37. The van der Waals surface area contributed by atoms with E-state index in [9.17, 15) is 4.79 Å². The molecule has 0 spiro atoms. The maximum Gasteiger partial charge on any atom is 0.223 e. The largest absolute Gasteiger partial charge is 0.377 e. The highest BCUT2D eigenvalue weighted by molar-refractivity contribution is 6.68. The molecule has 106 valence electrons. The second kappa shape index (κ2) is 7.15. The molecule has 7 heteroatoms. The van der Waals surface area contributed by atoms with Crippen LogP contribution in [0.3, 0.4) is 0 Å². The minimum atomic E-state index is -1.59. The molecule has 2 atom stereocenters. The summed E-state index contributed by atoms with van der Waals surface area (Å²) in [6, 6.07) is 0. The van der Waals surface area contributed by atoms with Crippen molar-refractivity contribution in [1.29, 1.82) is 0 Å². The number of alkyl halides is 3. The van der Waals surface area contributed by atoms with Gasteiger partial charge in [-0.2, -0.15) is 0 Å². The lowest BCUT2D eigenvalue weighted by Crippen LogP contribution is -2.55.